The minimum absolute atomic E-state index is 0.275. The van der Waals surface area contributed by atoms with Crippen LogP contribution >= 0.6 is 0 Å². The predicted octanol–water partition coefficient (Wildman–Crippen LogP) is 4.32. The van der Waals surface area contributed by atoms with Gasteiger partial charge in [0, 0.05) is 6.04 Å². The Kier molecular flexibility index (Phi) is 4.76. The zero-order valence-corrected chi connectivity index (χ0v) is 12.2. The highest BCUT2D eigenvalue weighted by Crippen LogP contribution is 2.41. The molecule has 1 fully saturated rings. The van der Waals surface area contributed by atoms with Crippen LogP contribution < -0.4 is 5.32 Å². The molecule has 1 nitrogen and oxygen atoms in total. The van der Waals surface area contributed by atoms with E-state index in [0.29, 0.717) is 6.04 Å². The van der Waals surface area contributed by atoms with Crippen LogP contribution in [0, 0.1) is 13.8 Å². The molecule has 1 aliphatic rings. The van der Waals surface area contributed by atoms with Crippen LogP contribution in [0.25, 0.3) is 0 Å². The second-order valence-corrected chi connectivity index (χ2v) is 5.27. The van der Waals surface area contributed by atoms with Crippen molar-refractivity contribution in [2.75, 3.05) is 0 Å². The molecule has 0 aromatic heterocycles. The number of nitrogens with one attached hydrogen (secondary N) is 1. The summed E-state index contributed by atoms with van der Waals surface area (Å²) < 4.78 is 0. The molecule has 1 aromatic rings. The maximum Gasteiger partial charge on any atom is 0.0587 e. The molecule has 1 aliphatic heterocycles. The van der Waals surface area contributed by atoms with E-state index < -0.39 is 0 Å². The first-order valence-electron chi connectivity index (χ1n) is 6.86. The third-order valence-corrected chi connectivity index (χ3v) is 3.42. The average Bonchev–Trinajstić information content (AvgIpc) is 2.90. The molecule has 1 aromatic carbocycles. The minimum Gasteiger partial charge on any atom is -0.301 e. The van der Waals surface area contributed by atoms with Crippen molar-refractivity contribution in [1.82, 2.24) is 5.32 Å². The van der Waals surface area contributed by atoms with Crippen molar-refractivity contribution in [3.05, 3.63) is 34.9 Å². The Morgan fingerprint density at radius 2 is 1.47 bits per heavy atom. The van der Waals surface area contributed by atoms with Crippen molar-refractivity contribution in [3.63, 3.8) is 0 Å². The molecule has 2 rings (SSSR count). The maximum absolute atomic E-state index is 3.57. The van der Waals surface area contributed by atoms with Gasteiger partial charge in [-0.2, -0.15) is 0 Å². The lowest BCUT2D eigenvalue weighted by Gasteiger charge is -2.14. The van der Waals surface area contributed by atoms with E-state index in [4.69, 9.17) is 0 Å². The molecule has 1 heteroatoms. The van der Waals surface area contributed by atoms with Gasteiger partial charge >= 0.3 is 0 Å². The van der Waals surface area contributed by atoms with E-state index in [0.717, 1.165) is 0 Å². The van der Waals surface area contributed by atoms with Gasteiger partial charge in [-0.25, -0.2) is 0 Å². The number of aryl methyl sites for hydroxylation is 2. The lowest BCUT2D eigenvalue weighted by atomic mass is 9.90. The molecule has 2 atom stereocenters. The molecule has 1 N–H and O–H groups in total. The van der Waals surface area contributed by atoms with Crippen LogP contribution in [0.3, 0.4) is 0 Å². The second-order valence-electron chi connectivity index (χ2n) is 5.27. The first-order valence-corrected chi connectivity index (χ1v) is 6.86. The van der Waals surface area contributed by atoms with Crippen molar-refractivity contribution in [2.45, 2.75) is 66.0 Å². The van der Waals surface area contributed by atoms with E-state index in [1.807, 2.05) is 0 Å². The Labute approximate surface area is 107 Å². The summed E-state index contributed by atoms with van der Waals surface area (Å²) in [5.41, 5.74) is 4.48. The van der Waals surface area contributed by atoms with Gasteiger partial charge in [-0.15, -0.1) is 0 Å². The normalized spacial score (nSPS) is 26.1. The molecule has 0 bridgehead atoms. The molecular weight excluding hydrogens is 206 g/mol. The summed E-state index contributed by atoms with van der Waals surface area (Å²) in [6, 6.07) is 7.49. The highest BCUT2D eigenvalue weighted by atomic mass is 15.2. The summed E-state index contributed by atoms with van der Waals surface area (Å²) in [5, 5.41) is 3.57. The smallest absolute Gasteiger partial charge is 0.0587 e. The van der Waals surface area contributed by atoms with Crippen LogP contribution in [0.15, 0.2) is 18.2 Å². The molecule has 0 saturated carbocycles. The number of hydrogen-bond acceptors (Lipinski definition) is 1. The van der Waals surface area contributed by atoms with Gasteiger partial charge in [0.15, 0.2) is 0 Å². The summed E-state index contributed by atoms with van der Waals surface area (Å²) in [7, 11) is 0. The molecule has 1 heterocycles. The summed E-state index contributed by atoms with van der Waals surface area (Å²) in [5.74, 6) is 0. The molecule has 17 heavy (non-hydrogen) atoms. The largest absolute Gasteiger partial charge is 0.301 e. The zero-order chi connectivity index (χ0) is 13.1. The fraction of sp³-hybridized carbons (Fsp3) is 0.625. The van der Waals surface area contributed by atoms with Crippen LogP contribution in [-0.4, -0.2) is 6.04 Å². The predicted molar refractivity (Wildman–Crippen MR) is 76.4 cm³/mol. The van der Waals surface area contributed by atoms with Gasteiger partial charge < -0.3 is 5.32 Å². The summed E-state index contributed by atoms with van der Waals surface area (Å²) in [6.45, 7) is 13.1. The van der Waals surface area contributed by atoms with Gasteiger partial charge in [0.2, 0.25) is 0 Å². The Bertz CT molecular complexity index is 346. The third-order valence-electron chi connectivity index (χ3n) is 3.42. The Morgan fingerprint density at radius 1 is 1.06 bits per heavy atom. The molecule has 0 amide bonds. The monoisotopic (exact) mass is 233 g/mol. The van der Waals surface area contributed by atoms with E-state index in [9.17, 15) is 0 Å². The molecule has 2 unspecified atom stereocenters. The van der Waals surface area contributed by atoms with Crippen LogP contribution in [0.1, 0.15) is 57.2 Å². The van der Waals surface area contributed by atoms with Crippen molar-refractivity contribution < 1.29 is 0 Å². The van der Waals surface area contributed by atoms with Crippen molar-refractivity contribution in [2.24, 2.45) is 0 Å². The highest BCUT2D eigenvalue weighted by Gasteiger charge is 2.50. The number of benzene rings is 1. The van der Waals surface area contributed by atoms with Crippen molar-refractivity contribution in [1.29, 1.82) is 0 Å². The summed E-state index contributed by atoms with van der Waals surface area (Å²) >= 11 is 0. The van der Waals surface area contributed by atoms with Gasteiger partial charge in [0.25, 0.3) is 0 Å². The fourth-order valence-electron chi connectivity index (χ4n) is 2.52. The van der Waals surface area contributed by atoms with Gasteiger partial charge in [-0.3, -0.25) is 0 Å². The highest BCUT2D eigenvalue weighted by molar-refractivity contribution is 5.39. The van der Waals surface area contributed by atoms with Gasteiger partial charge in [0.1, 0.15) is 0 Å². The van der Waals surface area contributed by atoms with E-state index in [-0.39, 0.29) is 5.54 Å². The molecule has 96 valence electrons. The number of hydrogen-bond donors (Lipinski definition) is 1. The standard InChI is InChI=1S/C13H19N.C3H8/c1-5-13(11(4)14-13)12-7-9(2)6-10(3)8-12;1-3-2/h6-8,11,14H,5H2,1-4H3;3H2,1-2H3. The first kappa shape index (κ1) is 14.2. The minimum atomic E-state index is 0.275. The lowest BCUT2D eigenvalue weighted by Crippen LogP contribution is -2.13. The average molecular weight is 233 g/mol. The number of rotatable bonds is 2. The van der Waals surface area contributed by atoms with Gasteiger partial charge in [-0.1, -0.05) is 56.5 Å². The Hall–Kier alpha value is -0.820. The van der Waals surface area contributed by atoms with E-state index >= 15 is 0 Å². The summed E-state index contributed by atoms with van der Waals surface area (Å²) in [6.07, 6.45) is 2.43. The topological polar surface area (TPSA) is 21.9 Å². The zero-order valence-electron chi connectivity index (χ0n) is 12.2. The van der Waals surface area contributed by atoms with Crippen molar-refractivity contribution >= 4 is 0 Å². The first-order chi connectivity index (χ1) is 8.00. The lowest BCUT2D eigenvalue weighted by molar-refractivity contribution is 0.624. The Morgan fingerprint density at radius 3 is 1.76 bits per heavy atom. The van der Waals surface area contributed by atoms with Crippen LogP contribution in [0.5, 0.6) is 0 Å². The van der Waals surface area contributed by atoms with Gasteiger partial charge in [0.05, 0.1) is 5.54 Å². The maximum atomic E-state index is 3.57. The van der Waals surface area contributed by atoms with E-state index in [1.165, 1.54) is 29.5 Å². The van der Waals surface area contributed by atoms with E-state index in [2.05, 4.69) is 65.1 Å². The SMILES string of the molecule is CCC.CCC1(c2cc(C)cc(C)c2)NC1C. The van der Waals surface area contributed by atoms with Crippen LogP contribution in [0.2, 0.25) is 0 Å². The third kappa shape index (κ3) is 3.10. The molecular formula is C16H27N. The van der Waals surface area contributed by atoms with Gasteiger partial charge in [-0.05, 0) is 32.8 Å². The van der Waals surface area contributed by atoms with Crippen LogP contribution in [0.4, 0.5) is 0 Å². The molecule has 0 spiro atoms. The van der Waals surface area contributed by atoms with Crippen molar-refractivity contribution in [3.8, 4) is 0 Å². The molecule has 0 radical (unpaired) electrons. The quantitative estimate of drug-likeness (QED) is 0.755. The van der Waals surface area contributed by atoms with Crippen LogP contribution in [-0.2, 0) is 5.54 Å². The summed E-state index contributed by atoms with van der Waals surface area (Å²) in [4.78, 5) is 0. The van der Waals surface area contributed by atoms with E-state index in [1.54, 1.807) is 0 Å². The fourth-order valence-corrected chi connectivity index (χ4v) is 2.52. The molecule has 1 saturated heterocycles. The molecule has 0 aliphatic carbocycles. The second kappa shape index (κ2) is 5.68. The Balaban J connectivity index is 0.000000437.